The average molecular weight is 407 g/mol. The van der Waals surface area contributed by atoms with Crippen molar-refractivity contribution in [2.75, 3.05) is 7.11 Å². The Balaban J connectivity index is 1.44. The van der Waals surface area contributed by atoms with Crippen molar-refractivity contribution >= 4 is 28.2 Å². The number of hydrogen-bond acceptors (Lipinski definition) is 6. The summed E-state index contributed by atoms with van der Waals surface area (Å²) in [5.74, 6) is -3.42. The van der Waals surface area contributed by atoms with Crippen molar-refractivity contribution in [3.8, 4) is 0 Å². The molecule has 1 saturated carbocycles. The predicted molar refractivity (Wildman–Crippen MR) is 99.9 cm³/mol. The Kier molecular flexibility index (Phi) is 4.01. The number of hydrogen-bond donors (Lipinski definition) is 1. The topological polar surface area (TPSA) is 71.0 Å². The first-order valence-electron chi connectivity index (χ1n) is 9.19. The second-order valence-corrected chi connectivity index (χ2v) is 8.31. The number of fused-ring (bicyclic) bond motifs is 2. The zero-order valence-corrected chi connectivity index (χ0v) is 16.0. The minimum absolute atomic E-state index is 0.190. The molecule has 1 N–H and O–H groups in total. The third kappa shape index (κ3) is 2.51. The molecule has 2 aromatic heterocycles. The molecule has 2 aromatic rings. The van der Waals surface area contributed by atoms with Crippen LogP contribution in [0, 0.1) is 0 Å². The molecule has 0 radical (unpaired) electrons. The van der Waals surface area contributed by atoms with Crippen molar-refractivity contribution < 1.29 is 18.4 Å². The van der Waals surface area contributed by atoms with Crippen LogP contribution in [0.4, 0.5) is 8.78 Å². The molecule has 2 aliphatic heterocycles. The highest BCUT2D eigenvalue weighted by atomic mass is 32.2. The molecule has 10 heteroatoms. The summed E-state index contributed by atoms with van der Waals surface area (Å²) >= 11 is 1.23. The zero-order chi connectivity index (χ0) is 19.5. The summed E-state index contributed by atoms with van der Waals surface area (Å²) in [5, 5.41) is 8.51. The number of alkyl halides is 2. The quantitative estimate of drug-likeness (QED) is 0.789. The van der Waals surface area contributed by atoms with E-state index in [1.807, 2.05) is 24.4 Å². The number of rotatable bonds is 4. The van der Waals surface area contributed by atoms with Crippen LogP contribution < -0.4 is 5.32 Å². The van der Waals surface area contributed by atoms with Gasteiger partial charge < -0.3 is 5.32 Å². The van der Waals surface area contributed by atoms with Crippen molar-refractivity contribution in [2.24, 2.45) is 4.99 Å². The van der Waals surface area contributed by atoms with Gasteiger partial charge in [0.2, 0.25) is 0 Å². The van der Waals surface area contributed by atoms with E-state index >= 15 is 0 Å². The summed E-state index contributed by atoms with van der Waals surface area (Å²) in [7, 11) is 1.55. The summed E-state index contributed by atoms with van der Waals surface area (Å²) in [6.45, 7) is 0. The minimum atomic E-state index is -2.88. The molecule has 4 atom stereocenters. The van der Waals surface area contributed by atoms with Gasteiger partial charge in [0.15, 0.2) is 10.7 Å². The molecule has 3 aliphatic rings. The van der Waals surface area contributed by atoms with Crippen LogP contribution in [0.1, 0.15) is 31.2 Å². The van der Waals surface area contributed by atoms with Crippen molar-refractivity contribution in [2.45, 2.75) is 48.7 Å². The molecule has 1 amide bonds. The average Bonchev–Trinajstić information content (AvgIpc) is 3.01. The fourth-order valence-corrected chi connectivity index (χ4v) is 5.42. The molecule has 28 heavy (non-hydrogen) atoms. The third-order valence-electron chi connectivity index (χ3n) is 5.60. The molecule has 4 heterocycles. The number of amides is 1. The number of carbonyl (C=O) groups is 1. The van der Waals surface area contributed by atoms with E-state index in [9.17, 15) is 13.6 Å². The number of nitrogens with one attached hydrogen (secondary N) is 1. The van der Waals surface area contributed by atoms with E-state index in [1.165, 1.54) is 11.8 Å². The fraction of sp³-hybridized carbons (Fsp3) is 0.500. The number of hydroxylamine groups is 2. The summed E-state index contributed by atoms with van der Waals surface area (Å²) in [4.78, 5) is 22.7. The van der Waals surface area contributed by atoms with E-state index in [0.717, 1.165) is 11.1 Å². The molecule has 0 spiro atoms. The largest absolute Gasteiger partial charge is 0.341 e. The number of carbonyl (C=O) groups excluding carboxylic acids is 1. The van der Waals surface area contributed by atoms with Crippen LogP contribution in [0.2, 0.25) is 0 Å². The smallest absolute Gasteiger partial charge is 0.276 e. The lowest BCUT2D eigenvalue weighted by atomic mass is 9.91. The molecular weight excluding hydrogens is 388 g/mol. The Morgan fingerprint density at radius 3 is 3.04 bits per heavy atom. The Bertz CT molecular complexity index is 980. The molecule has 0 bridgehead atoms. The molecule has 2 fully saturated rings. The summed E-state index contributed by atoms with van der Waals surface area (Å²) < 4.78 is 29.9. The molecule has 3 unspecified atom stereocenters. The number of thioether (sulfide) groups is 1. The van der Waals surface area contributed by atoms with Gasteiger partial charge in [-0.05, 0) is 25.0 Å². The number of aromatic nitrogens is 2. The first-order chi connectivity index (χ1) is 13.5. The standard InChI is InChI=1S/C18H19F2N5O2S/c1-27-25-16-18(25,11-10-21-24-9-5-3-6-12(11)24)23-15(28-16)14(26)22-13-7-2-4-8-17(13,19)20/h3,5-6,9-10,13,16H,2,4,7-8H2,1H3,(H,22,26)/t13-,16?,18?,25?/m1/s1. The summed E-state index contributed by atoms with van der Waals surface area (Å²) in [6.07, 6.45) is 4.80. The van der Waals surface area contributed by atoms with E-state index in [0.29, 0.717) is 12.8 Å². The van der Waals surface area contributed by atoms with Gasteiger partial charge in [0.25, 0.3) is 11.8 Å². The lowest BCUT2D eigenvalue weighted by molar-refractivity contribution is -0.121. The summed E-state index contributed by atoms with van der Waals surface area (Å²) in [6, 6.07) is 4.55. The highest BCUT2D eigenvalue weighted by molar-refractivity contribution is 8.16. The van der Waals surface area contributed by atoms with E-state index < -0.39 is 23.5 Å². The van der Waals surface area contributed by atoms with Gasteiger partial charge in [-0.25, -0.2) is 18.3 Å². The Morgan fingerprint density at radius 1 is 1.39 bits per heavy atom. The van der Waals surface area contributed by atoms with Gasteiger partial charge >= 0.3 is 0 Å². The first-order valence-corrected chi connectivity index (χ1v) is 10.1. The fourth-order valence-electron chi connectivity index (χ4n) is 4.12. The zero-order valence-electron chi connectivity index (χ0n) is 15.1. The highest BCUT2D eigenvalue weighted by Crippen LogP contribution is 2.61. The van der Waals surface area contributed by atoms with Crippen LogP contribution in [-0.2, 0) is 15.3 Å². The van der Waals surface area contributed by atoms with Crippen LogP contribution in [-0.4, -0.2) is 50.1 Å². The Labute approximate surface area is 164 Å². The van der Waals surface area contributed by atoms with Gasteiger partial charge in [-0.2, -0.15) is 5.10 Å². The van der Waals surface area contributed by atoms with Crippen molar-refractivity contribution in [1.29, 1.82) is 0 Å². The number of halogens is 2. The number of nitrogens with zero attached hydrogens (tertiary/aromatic N) is 4. The van der Waals surface area contributed by atoms with Crippen molar-refractivity contribution in [1.82, 2.24) is 20.0 Å². The summed E-state index contributed by atoms with van der Waals surface area (Å²) in [5.41, 5.74) is 0.819. The normalized spacial score (nSPS) is 33.4. The van der Waals surface area contributed by atoms with Crippen molar-refractivity contribution in [3.63, 3.8) is 0 Å². The van der Waals surface area contributed by atoms with Crippen LogP contribution in [0.3, 0.4) is 0 Å². The van der Waals surface area contributed by atoms with Crippen molar-refractivity contribution in [3.05, 3.63) is 36.2 Å². The monoisotopic (exact) mass is 407 g/mol. The minimum Gasteiger partial charge on any atom is -0.341 e. The second kappa shape index (κ2) is 6.23. The molecular formula is C18H19F2N5O2S. The van der Waals surface area contributed by atoms with Gasteiger partial charge in [0, 0.05) is 18.2 Å². The van der Waals surface area contributed by atoms with Crippen LogP contribution in [0.25, 0.3) is 5.52 Å². The Morgan fingerprint density at radius 2 is 2.25 bits per heavy atom. The highest BCUT2D eigenvalue weighted by Gasteiger charge is 2.72. The van der Waals surface area contributed by atoms with Crippen LogP contribution in [0.15, 0.2) is 35.6 Å². The number of aliphatic imine (C=N–C) groups is 1. The lowest BCUT2D eigenvalue weighted by Gasteiger charge is -2.31. The van der Waals surface area contributed by atoms with E-state index in [2.05, 4.69) is 15.4 Å². The van der Waals surface area contributed by atoms with Gasteiger partial charge in [-0.3, -0.25) is 9.63 Å². The molecule has 148 valence electrons. The maximum Gasteiger partial charge on any atom is 0.276 e. The number of pyridine rings is 1. The molecule has 0 aromatic carbocycles. The Hall–Kier alpha value is -2.04. The van der Waals surface area contributed by atoms with E-state index in [-0.39, 0.29) is 23.3 Å². The molecule has 5 rings (SSSR count). The maximum absolute atomic E-state index is 14.1. The van der Waals surface area contributed by atoms with E-state index in [4.69, 9.17) is 4.84 Å². The van der Waals surface area contributed by atoms with E-state index in [1.54, 1.807) is 22.9 Å². The molecule has 1 aliphatic carbocycles. The van der Waals surface area contributed by atoms with Gasteiger partial charge in [0.1, 0.15) is 5.37 Å². The lowest BCUT2D eigenvalue weighted by Crippen LogP contribution is -2.50. The van der Waals surface area contributed by atoms with Gasteiger partial charge in [0.05, 0.1) is 24.9 Å². The van der Waals surface area contributed by atoms with Crippen LogP contribution >= 0.6 is 11.8 Å². The molecule has 1 saturated heterocycles. The van der Waals surface area contributed by atoms with Gasteiger partial charge in [-0.1, -0.05) is 24.2 Å². The SMILES string of the molecule is CON1C2SC(C(=O)N[C@@H]3CCCCC3(F)F)=NC21c1cnn2ccccc12. The maximum atomic E-state index is 14.1. The second-order valence-electron chi connectivity index (χ2n) is 7.24. The van der Waals surface area contributed by atoms with Crippen LogP contribution in [0.5, 0.6) is 0 Å². The van der Waals surface area contributed by atoms with Gasteiger partial charge in [-0.15, -0.1) is 5.06 Å². The predicted octanol–water partition coefficient (Wildman–Crippen LogP) is 2.53. The third-order valence-corrected chi connectivity index (χ3v) is 6.85. The molecule has 7 nitrogen and oxygen atoms in total. The first kappa shape index (κ1) is 18.0.